The molecule has 2 saturated carbocycles. The first-order valence-corrected chi connectivity index (χ1v) is 8.48. The molecule has 0 radical (unpaired) electrons. The van der Waals surface area contributed by atoms with Gasteiger partial charge in [-0.05, 0) is 48.9 Å². The third kappa shape index (κ3) is 3.06. The molecule has 2 aliphatic carbocycles. The van der Waals surface area contributed by atoms with E-state index in [1.54, 1.807) is 0 Å². The van der Waals surface area contributed by atoms with Crippen LogP contribution < -0.4 is 0 Å². The Labute approximate surface area is 119 Å². The van der Waals surface area contributed by atoms with Crippen molar-refractivity contribution in [1.82, 2.24) is 0 Å². The molecule has 0 aliphatic heterocycles. The molecule has 0 unspecified atom stereocenters. The van der Waals surface area contributed by atoms with Crippen LogP contribution in [0.4, 0.5) is 0 Å². The van der Waals surface area contributed by atoms with Crippen LogP contribution in [0.25, 0.3) is 0 Å². The van der Waals surface area contributed by atoms with Crippen molar-refractivity contribution in [3.05, 3.63) is 0 Å². The molecule has 1 nitrogen and oxygen atoms in total. The molecule has 0 aromatic heterocycles. The minimum atomic E-state index is 0.340. The summed E-state index contributed by atoms with van der Waals surface area (Å²) < 4.78 is 0. The predicted molar refractivity (Wildman–Crippen MR) is 81.0 cm³/mol. The Balaban J connectivity index is 1.95. The van der Waals surface area contributed by atoms with Crippen LogP contribution in [-0.4, -0.2) is 5.78 Å². The fraction of sp³-hybridized carbons (Fsp3) is 0.944. The van der Waals surface area contributed by atoms with E-state index in [0.29, 0.717) is 17.1 Å². The van der Waals surface area contributed by atoms with Gasteiger partial charge in [0.15, 0.2) is 0 Å². The Kier molecular flexibility index (Phi) is 4.74. The first kappa shape index (κ1) is 15.1. The molecule has 0 bridgehead atoms. The first-order valence-electron chi connectivity index (χ1n) is 8.48. The van der Waals surface area contributed by atoms with Crippen molar-refractivity contribution in [3.63, 3.8) is 0 Å². The number of rotatable bonds is 5. The molecule has 0 saturated heterocycles. The maximum absolute atomic E-state index is 12.2. The number of hydrogen-bond donors (Lipinski definition) is 0. The van der Waals surface area contributed by atoms with Crippen LogP contribution in [0.2, 0.25) is 0 Å². The lowest BCUT2D eigenvalue weighted by atomic mass is 9.62. The molecule has 0 amide bonds. The van der Waals surface area contributed by atoms with E-state index in [9.17, 15) is 4.79 Å². The summed E-state index contributed by atoms with van der Waals surface area (Å²) in [4.78, 5) is 12.2. The van der Waals surface area contributed by atoms with Crippen LogP contribution in [0.3, 0.4) is 0 Å². The molecule has 2 fully saturated rings. The lowest BCUT2D eigenvalue weighted by Gasteiger charge is -2.42. The first-order chi connectivity index (χ1) is 8.95. The molecule has 0 aromatic rings. The van der Waals surface area contributed by atoms with Crippen LogP contribution >= 0.6 is 0 Å². The number of carbonyl (C=O) groups excluding carboxylic acids is 1. The summed E-state index contributed by atoms with van der Waals surface area (Å²) in [6.07, 6.45) is 9.85. The van der Waals surface area contributed by atoms with Gasteiger partial charge >= 0.3 is 0 Å². The Morgan fingerprint density at radius 1 is 1.21 bits per heavy atom. The Hall–Kier alpha value is -0.330. The summed E-state index contributed by atoms with van der Waals surface area (Å²) in [6.45, 7) is 9.50. The molecule has 0 aromatic carbocycles. The van der Waals surface area contributed by atoms with E-state index in [2.05, 4.69) is 27.7 Å². The highest BCUT2D eigenvalue weighted by atomic mass is 16.1. The van der Waals surface area contributed by atoms with Gasteiger partial charge in [0.2, 0.25) is 0 Å². The minimum Gasteiger partial charge on any atom is -0.299 e. The predicted octanol–water partition coefficient (Wildman–Crippen LogP) is 5.23. The van der Waals surface area contributed by atoms with Gasteiger partial charge in [0.25, 0.3) is 0 Å². The summed E-state index contributed by atoms with van der Waals surface area (Å²) >= 11 is 0. The standard InChI is InChI=1S/C18H32O/c1-13(2)7-5-8-14(3)15-10-11-16-17(19)9-6-12-18(15,16)4/h13-16H,5-12H2,1-4H3/t14-,15-,16+,18-/m1/s1. The van der Waals surface area contributed by atoms with Crippen molar-refractivity contribution in [1.29, 1.82) is 0 Å². The number of ketones is 1. The maximum Gasteiger partial charge on any atom is 0.136 e. The normalized spacial score (nSPS) is 36.6. The molecule has 2 rings (SSSR count). The van der Waals surface area contributed by atoms with Crippen molar-refractivity contribution >= 4 is 5.78 Å². The third-order valence-electron chi connectivity index (χ3n) is 6.06. The van der Waals surface area contributed by atoms with E-state index < -0.39 is 0 Å². The van der Waals surface area contributed by atoms with Gasteiger partial charge in [0, 0.05) is 12.3 Å². The zero-order chi connectivity index (χ0) is 14.0. The van der Waals surface area contributed by atoms with Crippen molar-refractivity contribution in [2.45, 2.75) is 79.1 Å². The van der Waals surface area contributed by atoms with Gasteiger partial charge in [-0.2, -0.15) is 0 Å². The highest BCUT2D eigenvalue weighted by Gasteiger charge is 2.52. The zero-order valence-electron chi connectivity index (χ0n) is 13.4. The van der Waals surface area contributed by atoms with Crippen molar-refractivity contribution < 1.29 is 4.79 Å². The smallest absolute Gasteiger partial charge is 0.136 e. The van der Waals surface area contributed by atoms with E-state index in [-0.39, 0.29) is 0 Å². The number of fused-ring (bicyclic) bond motifs is 1. The van der Waals surface area contributed by atoms with Crippen LogP contribution in [0.15, 0.2) is 0 Å². The van der Waals surface area contributed by atoms with E-state index in [1.165, 1.54) is 38.5 Å². The molecule has 0 N–H and O–H groups in total. The molecule has 19 heavy (non-hydrogen) atoms. The van der Waals surface area contributed by atoms with Crippen LogP contribution in [0.5, 0.6) is 0 Å². The van der Waals surface area contributed by atoms with Gasteiger partial charge in [-0.1, -0.05) is 47.0 Å². The Morgan fingerprint density at radius 3 is 2.63 bits per heavy atom. The number of Topliss-reactive ketones (excluding diaryl/α,β-unsaturated/α-hetero) is 1. The van der Waals surface area contributed by atoms with Gasteiger partial charge in [-0.3, -0.25) is 4.79 Å². The highest BCUT2D eigenvalue weighted by Crippen LogP contribution is 2.57. The molecule has 4 atom stereocenters. The highest BCUT2D eigenvalue weighted by molar-refractivity contribution is 5.83. The van der Waals surface area contributed by atoms with Gasteiger partial charge < -0.3 is 0 Å². The quantitative estimate of drug-likeness (QED) is 0.664. The van der Waals surface area contributed by atoms with Crippen LogP contribution in [0.1, 0.15) is 79.1 Å². The lowest BCUT2D eigenvalue weighted by molar-refractivity contribution is -0.130. The van der Waals surface area contributed by atoms with Gasteiger partial charge in [-0.25, -0.2) is 0 Å². The number of carbonyl (C=O) groups is 1. The fourth-order valence-electron chi connectivity index (χ4n) is 4.95. The van der Waals surface area contributed by atoms with E-state index in [4.69, 9.17) is 0 Å². The maximum atomic E-state index is 12.2. The summed E-state index contributed by atoms with van der Waals surface area (Å²) in [5.74, 6) is 3.41. The summed E-state index contributed by atoms with van der Waals surface area (Å²) in [7, 11) is 0. The average molecular weight is 264 g/mol. The second-order valence-electron chi connectivity index (χ2n) is 7.86. The SMILES string of the molecule is CC(C)CCC[C@@H](C)[C@H]1CC[C@H]2C(=O)CCC[C@]12C. The molecule has 110 valence electrons. The summed E-state index contributed by atoms with van der Waals surface area (Å²) in [5.41, 5.74) is 0.340. The fourth-order valence-corrected chi connectivity index (χ4v) is 4.95. The lowest BCUT2D eigenvalue weighted by Crippen LogP contribution is -2.39. The molecule has 0 heterocycles. The van der Waals surface area contributed by atoms with Crippen molar-refractivity contribution in [2.75, 3.05) is 0 Å². The van der Waals surface area contributed by atoms with E-state index in [0.717, 1.165) is 30.6 Å². The molecular formula is C18H32O. The second-order valence-corrected chi connectivity index (χ2v) is 7.86. The Bertz CT molecular complexity index is 320. The van der Waals surface area contributed by atoms with Crippen molar-refractivity contribution in [3.8, 4) is 0 Å². The van der Waals surface area contributed by atoms with Crippen LogP contribution in [0, 0.1) is 29.1 Å². The van der Waals surface area contributed by atoms with Gasteiger partial charge in [-0.15, -0.1) is 0 Å². The Morgan fingerprint density at radius 2 is 1.95 bits per heavy atom. The molecule has 1 heteroatoms. The van der Waals surface area contributed by atoms with Crippen molar-refractivity contribution in [2.24, 2.45) is 29.1 Å². The molecule has 0 spiro atoms. The zero-order valence-corrected chi connectivity index (χ0v) is 13.4. The minimum absolute atomic E-state index is 0.340. The van der Waals surface area contributed by atoms with Crippen LogP contribution in [-0.2, 0) is 4.79 Å². The average Bonchev–Trinajstić information content (AvgIpc) is 2.67. The van der Waals surface area contributed by atoms with E-state index >= 15 is 0 Å². The van der Waals surface area contributed by atoms with Gasteiger partial charge in [0.05, 0.1) is 0 Å². The molecule has 2 aliphatic rings. The second kappa shape index (κ2) is 5.97. The van der Waals surface area contributed by atoms with E-state index in [1.807, 2.05) is 0 Å². The molecular weight excluding hydrogens is 232 g/mol. The number of hydrogen-bond acceptors (Lipinski definition) is 1. The summed E-state index contributed by atoms with van der Waals surface area (Å²) in [6, 6.07) is 0. The monoisotopic (exact) mass is 264 g/mol. The third-order valence-corrected chi connectivity index (χ3v) is 6.06. The topological polar surface area (TPSA) is 17.1 Å². The van der Waals surface area contributed by atoms with Gasteiger partial charge in [0.1, 0.15) is 5.78 Å². The summed E-state index contributed by atoms with van der Waals surface area (Å²) in [5, 5.41) is 0. The largest absolute Gasteiger partial charge is 0.299 e.